The van der Waals surface area contributed by atoms with E-state index in [1.165, 1.54) is 0 Å². The Hall–Kier alpha value is -1.75. The Morgan fingerprint density at radius 3 is 2.76 bits per heavy atom. The summed E-state index contributed by atoms with van der Waals surface area (Å²) < 4.78 is 23.6. The molecule has 2 aromatic rings. The number of rotatable bonds is 1. The number of nitrogens with one attached hydrogen (secondary N) is 1. The summed E-state index contributed by atoms with van der Waals surface area (Å²) in [5.74, 6) is 0.217. The highest BCUT2D eigenvalue weighted by atomic mass is 32.2. The maximum atomic E-state index is 11.8. The third kappa shape index (κ3) is 1.54. The summed E-state index contributed by atoms with van der Waals surface area (Å²) in [6.45, 7) is 0. The van der Waals surface area contributed by atoms with Crippen molar-refractivity contribution in [3.05, 3.63) is 36.2 Å². The summed E-state index contributed by atoms with van der Waals surface area (Å²) in [6, 6.07) is 5.51. The van der Waals surface area contributed by atoms with Crippen LogP contribution in [0, 0.1) is 0 Å². The highest BCUT2D eigenvalue weighted by Gasteiger charge is 2.26. The van der Waals surface area contributed by atoms with Crippen LogP contribution in [-0.2, 0) is 16.3 Å². The molecule has 0 saturated carbocycles. The van der Waals surface area contributed by atoms with Crippen molar-refractivity contribution in [3.63, 3.8) is 0 Å². The number of anilines is 1. The highest BCUT2D eigenvalue weighted by molar-refractivity contribution is 7.91. The number of nitrogen functional groups attached to an aromatic ring is 1. The maximum Gasteiger partial charge on any atom is 0.178 e. The van der Waals surface area contributed by atoms with Crippen molar-refractivity contribution in [2.45, 2.75) is 11.3 Å². The summed E-state index contributed by atoms with van der Waals surface area (Å²) in [5, 5.41) is 0. The summed E-state index contributed by atoms with van der Waals surface area (Å²) in [5.41, 5.74) is 9.02. The quantitative estimate of drug-likeness (QED) is 0.804. The lowest BCUT2D eigenvalue weighted by Gasteiger charge is -2.03. The number of aromatic amines is 1. The Morgan fingerprint density at radius 1 is 1.24 bits per heavy atom. The van der Waals surface area contributed by atoms with Crippen LogP contribution in [0.3, 0.4) is 0 Å². The molecule has 5 heteroatoms. The minimum atomic E-state index is -3.08. The molecule has 1 aromatic heterocycles. The molecule has 0 radical (unpaired) electrons. The predicted molar refractivity (Wildman–Crippen MR) is 66.4 cm³/mol. The standard InChI is InChI=1S/C12H12N2O2S/c13-11-7-14-6-10(11)9-2-1-8-3-4-17(15,16)12(8)5-9/h1-2,5-7,14H,3-4,13H2. The average Bonchev–Trinajstić information content (AvgIpc) is 2.84. The van der Waals surface area contributed by atoms with Crippen molar-refractivity contribution in [1.29, 1.82) is 0 Å². The largest absolute Gasteiger partial charge is 0.397 e. The lowest BCUT2D eigenvalue weighted by Crippen LogP contribution is -1.98. The molecule has 0 aliphatic carbocycles. The summed E-state index contributed by atoms with van der Waals surface area (Å²) >= 11 is 0. The summed E-state index contributed by atoms with van der Waals surface area (Å²) in [6.07, 6.45) is 4.08. The fourth-order valence-electron chi connectivity index (χ4n) is 2.20. The summed E-state index contributed by atoms with van der Waals surface area (Å²) in [7, 11) is -3.08. The molecule has 2 heterocycles. The molecule has 88 valence electrons. The molecule has 1 aromatic carbocycles. The van der Waals surface area contributed by atoms with Crippen LogP contribution in [0.15, 0.2) is 35.5 Å². The van der Waals surface area contributed by atoms with E-state index in [1.807, 2.05) is 12.1 Å². The lowest BCUT2D eigenvalue weighted by atomic mass is 10.0. The molecule has 0 spiro atoms. The monoisotopic (exact) mass is 248 g/mol. The van der Waals surface area contributed by atoms with E-state index in [4.69, 9.17) is 5.73 Å². The molecule has 0 unspecified atom stereocenters. The zero-order valence-electron chi connectivity index (χ0n) is 9.10. The second kappa shape index (κ2) is 3.37. The number of aromatic nitrogens is 1. The van der Waals surface area contributed by atoms with Gasteiger partial charge in [0.25, 0.3) is 0 Å². The van der Waals surface area contributed by atoms with E-state index in [1.54, 1.807) is 18.5 Å². The third-order valence-corrected chi connectivity index (χ3v) is 4.92. The van der Waals surface area contributed by atoms with Gasteiger partial charge in [-0.3, -0.25) is 0 Å². The van der Waals surface area contributed by atoms with Crippen LogP contribution in [0.1, 0.15) is 5.56 Å². The first-order chi connectivity index (χ1) is 8.08. The number of sulfone groups is 1. The van der Waals surface area contributed by atoms with Gasteiger partial charge in [-0.1, -0.05) is 12.1 Å². The first kappa shape index (κ1) is 10.4. The molecular weight excluding hydrogens is 236 g/mol. The molecular formula is C12H12N2O2S. The Kier molecular flexibility index (Phi) is 2.06. The van der Waals surface area contributed by atoms with E-state index in [0.717, 1.165) is 16.7 Å². The van der Waals surface area contributed by atoms with Crippen LogP contribution in [0.2, 0.25) is 0 Å². The molecule has 3 N–H and O–H groups in total. The molecule has 0 saturated heterocycles. The Morgan fingerprint density at radius 2 is 2.06 bits per heavy atom. The normalized spacial score (nSPS) is 16.9. The number of nitrogens with two attached hydrogens (primary N) is 1. The number of H-pyrrole nitrogens is 1. The van der Waals surface area contributed by atoms with Crippen LogP contribution < -0.4 is 5.73 Å². The second-order valence-corrected chi connectivity index (χ2v) is 6.29. The zero-order chi connectivity index (χ0) is 12.0. The van der Waals surface area contributed by atoms with Gasteiger partial charge in [-0.15, -0.1) is 0 Å². The van der Waals surface area contributed by atoms with Gasteiger partial charge in [0, 0.05) is 18.0 Å². The molecule has 0 fully saturated rings. The van der Waals surface area contributed by atoms with Gasteiger partial charge in [0.05, 0.1) is 16.3 Å². The van der Waals surface area contributed by atoms with Gasteiger partial charge >= 0.3 is 0 Å². The summed E-state index contributed by atoms with van der Waals surface area (Å²) in [4.78, 5) is 3.36. The van der Waals surface area contributed by atoms with Crippen molar-refractivity contribution in [1.82, 2.24) is 4.98 Å². The lowest BCUT2D eigenvalue weighted by molar-refractivity contribution is 0.600. The van der Waals surface area contributed by atoms with Crippen LogP contribution >= 0.6 is 0 Å². The van der Waals surface area contributed by atoms with Crippen molar-refractivity contribution in [3.8, 4) is 11.1 Å². The van der Waals surface area contributed by atoms with Gasteiger partial charge in [0.1, 0.15) is 0 Å². The van der Waals surface area contributed by atoms with Gasteiger partial charge in [-0.05, 0) is 23.6 Å². The number of aryl methyl sites for hydroxylation is 1. The molecule has 0 atom stereocenters. The highest BCUT2D eigenvalue weighted by Crippen LogP contribution is 2.32. The molecule has 0 amide bonds. The predicted octanol–water partition coefficient (Wildman–Crippen LogP) is 1.59. The minimum Gasteiger partial charge on any atom is -0.397 e. The van der Waals surface area contributed by atoms with Gasteiger partial charge in [-0.2, -0.15) is 0 Å². The van der Waals surface area contributed by atoms with Gasteiger partial charge < -0.3 is 10.7 Å². The van der Waals surface area contributed by atoms with Gasteiger partial charge in [0.2, 0.25) is 0 Å². The molecule has 17 heavy (non-hydrogen) atoms. The van der Waals surface area contributed by atoms with Crippen LogP contribution in [0.25, 0.3) is 11.1 Å². The number of fused-ring (bicyclic) bond motifs is 1. The Bertz CT molecular complexity index is 686. The number of hydrogen-bond acceptors (Lipinski definition) is 3. The first-order valence-electron chi connectivity index (χ1n) is 5.36. The average molecular weight is 248 g/mol. The van der Waals surface area contributed by atoms with Crippen LogP contribution in [0.5, 0.6) is 0 Å². The third-order valence-electron chi connectivity index (χ3n) is 3.13. The van der Waals surface area contributed by atoms with E-state index < -0.39 is 9.84 Å². The fraction of sp³-hybridized carbons (Fsp3) is 0.167. The van der Waals surface area contributed by atoms with Crippen molar-refractivity contribution >= 4 is 15.5 Å². The van der Waals surface area contributed by atoms with E-state index >= 15 is 0 Å². The topological polar surface area (TPSA) is 76.0 Å². The smallest absolute Gasteiger partial charge is 0.178 e. The van der Waals surface area contributed by atoms with Crippen molar-refractivity contribution < 1.29 is 8.42 Å². The molecule has 1 aliphatic rings. The fourth-order valence-corrected chi connectivity index (χ4v) is 3.78. The van der Waals surface area contributed by atoms with Crippen LogP contribution in [0.4, 0.5) is 5.69 Å². The van der Waals surface area contributed by atoms with E-state index in [9.17, 15) is 8.42 Å². The van der Waals surface area contributed by atoms with E-state index in [2.05, 4.69) is 4.98 Å². The Labute approximate surface area is 99.4 Å². The SMILES string of the molecule is Nc1c[nH]cc1-c1ccc2c(c1)S(=O)(=O)CC2. The zero-order valence-corrected chi connectivity index (χ0v) is 9.92. The number of benzene rings is 1. The van der Waals surface area contributed by atoms with Crippen molar-refractivity contribution in [2.75, 3.05) is 11.5 Å². The van der Waals surface area contributed by atoms with E-state index in [-0.39, 0.29) is 5.75 Å². The van der Waals surface area contributed by atoms with Crippen molar-refractivity contribution in [2.24, 2.45) is 0 Å². The molecule has 4 nitrogen and oxygen atoms in total. The molecule has 3 rings (SSSR count). The molecule has 0 bridgehead atoms. The van der Waals surface area contributed by atoms with Crippen LogP contribution in [-0.4, -0.2) is 19.2 Å². The maximum absolute atomic E-state index is 11.8. The van der Waals surface area contributed by atoms with Gasteiger partial charge in [-0.25, -0.2) is 8.42 Å². The Balaban J connectivity index is 2.21. The molecule has 1 aliphatic heterocycles. The number of hydrogen-bond donors (Lipinski definition) is 2. The van der Waals surface area contributed by atoms with E-state index in [0.29, 0.717) is 17.0 Å². The first-order valence-corrected chi connectivity index (χ1v) is 7.01. The van der Waals surface area contributed by atoms with Gasteiger partial charge in [0.15, 0.2) is 9.84 Å². The second-order valence-electron chi connectivity index (χ2n) is 4.22. The minimum absolute atomic E-state index is 0.217.